The molecule has 2 saturated heterocycles. The number of carbonyl (C=O) groups excluding carboxylic acids is 3. The Kier molecular flexibility index (Phi) is 5.56. The molecule has 7 nitrogen and oxygen atoms in total. The van der Waals surface area contributed by atoms with E-state index in [0.29, 0.717) is 26.3 Å². The molecule has 1 aromatic rings. The SMILES string of the molecule is Cc1cccc(N2C[C@@H](C(=O)OCC(=O)N3CCOCC3)CC2=O)c1C. The number of benzene rings is 1. The first-order chi connectivity index (χ1) is 12.5. The molecule has 0 saturated carbocycles. The van der Waals surface area contributed by atoms with Crippen molar-refractivity contribution >= 4 is 23.5 Å². The normalized spacial score (nSPS) is 20.4. The van der Waals surface area contributed by atoms with Crippen LogP contribution < -0.4 is 4.90 Å². The Hall–Kier alpha value is -2.41. The number of hydrogen-bond acceptors (Lipinski definition) is 5. The van der Waals surface area contributed by atoms with Crippen molar-refractivity contribution in [3.63, 3.8) is 0 Å². The molecule has 3 rings (SSSR count). The molecule has 0 N–H and O–H groups in total. The fourth-order valence-electron chi connectivity index (χ4n) is 3.28. The van der Waals surface area contributed by atoms with Gasteiger partial charge in [-0.15, -0.1) is 0 Å². The van der Waals surface area contributed by atoms with Gasteiger partial charge in [0.2, 0.25) is 5.91 Å². The minimum absolute atomic E-state index is 0.0971. The summed E-state index contributed by atoms with van der Waals surface area (Å²) in [6.07, 6.45) is 0.109. The van der Waals surface area contributed by atoms with Crippen LogP contribution in [0.1, 0.15) is 17.5 Å². The summed E-state index contributed by atoms with van der Waals surface area (Å²) in [6.45, 7) is 5.98. The van der Waals surface area contributed by atoms with E-state index in [-0.39, 0.29) is 31.4 Å². The van der Waals surface area contributed by atoms with Crippen LogP contribution in [0.25, 0.3) is 0 Å². The van der Waals surface area contributed by atoms with Crippen molar-refractivity contribution in [1.82, 2.24) is 4.90 Å². The highest BCUT2D eigenvalue weighted by Gasteiger charge is 2.37. The van der Waals surface area contributed by atoms with Crippen LogP contribution in [0.3, 0.4) is 0 Å². The number of carbonyl (C=O) groups is 3. The molecule has 140 valence electrons. The predicted molar refractivity (Wildman–Crippen MR) is 94.7 cm³/mol. The molecule has 0 aromatic heterocycles. The first-order valence-electron chi connectivity index (χ1n) is 8.86. The van der Waals surface area contributed by atoms with E-state index in [1.54, 1.807) is 9.80 Å². The average Bonchev–Trinajstić information content (AvgIpc) is 3.04. The highest BCUT2D eigenvalue weighted by Crippen LogP contribution is 2.29. The van der Waals surface area contributed by atoms with Gasteiger partial charge in [-0.2, -0.15) is 0 Å². The van der Waals surface area contributed by atoms with Gasteiger partial charge in [0.25, 0.3) is 5.91 Å². The van der Waals surface area contributed by atoms with E-state index < -0.39 is 11.9 Å². The van der Waals surface area contributed by atoms with Crippen molar-refractivity contribution in [2.24, 2.45) is 5.92 Å². The molecule has 2 fully saturated rings. The van der Waals surface area contributed by atoms with E-state index >= 15 is 0 Å². The average molecular weight is 360 g/mol. The van der Waals surface area contributed by atoms with Crippen molar-refractivity contribution in [3.8, 4) is 0 Å². The van der Waals surface area contributed by atoms with Crippen molar-refractivity contribution in [3.05, 3.63) is 29.3 Å². The monoisotopic (exact) mass is 360 g/mol. The molecule has 2 amide bonds. The molecular weight excluding hydrogens is 336 g/mol. The molecule has 2 heterocycles. The number of rotatable bonds is 4. The molecule has 0 spiro atoms. The van der Waals surface area contributed by atoms with E-state index in [2.05, 4.69) is 0 Å². The molecule has 1 aromatic carbocycles. The highest BCUT2D eigenvalue weighted by molar-refractivity contribution is 6.00. The van der Waals surface area contributed by atoms with Crippen molar-refractivity contribution in [2.45, 2.75) is 20.3 Å². The van der Waals surface area contributed by atoms with Crippen LogP contribution in [0.5, 0.6) is 0 Å². The van der Waals surface area contributed by atoms with Crippen LogP contribution in [-0.2, 0) is 23.9 Å². The molecular formula is C19H24N2O5. The maximum atomic E-state index is 12.4. The van der Waals surface area contributed by atoms with Gasteiger partial charge in [-0.1, -0.05) is 12.1 Å². The molecule has 0 bridgehead atoms. The summed E-state index contributed by atoms with van der Waals surface area (Å²) in [4.78, 5) is 40.0. The molecule has 0 unspecified atom stereocenters. The summed E-state index contributed by atoms with van der Waals surface area (Å²) in [6, 6.07) is 5.77. The molecule has 1 atom stereocenters. The fraction of sp³-hybridized carbons (Fsp3) is 0.526. The van der Waals surface area contributed by atoms with Crippen molar-refractivity contribution in [1.29, 1.82) is 0 Å². The zero-order valence-electron chi connectivity index (χ0n) is 15.2. The smallest absolute Gasteiger partial charge is 0.311 e. The van der Waals surface area contributed by atoms with Gasteiger partial charge in [0.15, 0.2) is 6.61 Å². The maximum Gasteiger partial charge on any atom is 0.311 e. The lowest BCUT2D eigenvalue weighted by molar-refractivity contribution is -0.156. The maximum absolute atomic E-state index is 12.4. The Labute approximate surface area is 152 Å². The quantitative estimate of drug-likeness (QED) is 0.751. The Balaban J connectivity index is 1.57. The van der Waals surface area contributed by atoms with Gasteiger partial charge in [-0.25, -0.2) is 0 Å². The third-order valence-electron chi connectivity index (χ3n) is 5.03. The lowest BCUT2D eigenvalue weighted by Gasteiger charge is -2.26. The second-order valence-corrected chi connectivity index (χ2v) is 6.73. The summed E-state index contributed by atoms with van der Waals surface area (Å²) in [5, 5.41) is 0. The van der Waals surface area contributed by atoms with Crippen molar-refractivity contribution in [2.75, 3.05) is 44.4 Å². The lowest BCUT2D eigenvalue weighted by Crippen LogP contribution is -2.43. The van der Waals surface area contributed by atoms with Gasteiger partial charge >= 0.3 is 5.97 Å². The zero-order chi connectivity index (χ0) is 18.7. The van der Waals surface area contributed by atoms with E-state index in [1.165, 1.54) is 0 Å². The Morgan fingerprint density at radius 1 is 1.23 bits per heavy atom. The molecule has 7 heteroatoms. The highest BCUT2D eigenvalue weighted by atomic mass is 16.5. The standard InChI is InChI=1S/C19H24N2O5/c1-13-4-3-5-16(14(13)2)21-11-15(10-17(21)22)19(24)26-12-18(23)20-6-8-25-9-7-20/h3-5,15H,6-12H2,1-2H3/t15-/m0/s1. The summed E-state index contributed by atoms with van der Waals surface area (Å²) >= 11 is 0. The molecule has 2 aliphatic heterocycles. The number of anilines is 1. The zero-order valence-corrected chi connectivity index (χ0v) is 15.2. The van der Waals surface area contributed by atoms with Crippen LogP contribution >= 0.6 is 0 Å². The predicted octanol–water partition coefficient (Wildman–Crippen LogP) is 1.06. The Bertz CT molecular complexity index is 712. The van der Waals surface area contributed by atoms with Gasteiger partial charge in [0.05, 0.1) is 19.1 Å². The third kappa shape index (κ3) is 3.88. The van der Waals surface area contributed by atoms with E-state index in [4.69, 9.17) is 9.47 Å². The number of nitrogens with zero attached hydrogens (tertiary/aromatic N) is 2. The molecule has 0 radical (unpaired) electrons. The molecule has 26 heavy (non-hydrogen) atoms. The first-order valence-corrected chi connectivity index (χ1v) is 8.86. The van der Waals surface area contributed by atoms with Crippen LogP contribution in [-0.4, -0.2) is 62.1 Å². The molecule has 2 aliphatic rings. The molecule has 0 aliphatic carbocycles. The summed E-state index contributed by atoms with van der Waals surface area (Å²) in [7, 11) is 0. The summed E-state index contributed by atoms with van der Waals surface area (Å²) < 4.78 is 10.4. The van der Waals surface area contributed by atoms with Gasteiger partial charge in [0, 0.05) is 31.7 Å². The Morgan fingerprint density at radius 3 is 2.69 bits per heavy atom. The number of ether oxygens (including phenoxy) is 2. The van der Waals surface area contributed by atoms with Gasteiger partial charge in [-0.05, 0) is 31.0 Å². The minimum atomic E-state index is -0.542. The van der Waals surface area contributed by atoms with Gasteiger partial charge < -0.3 is 19.3 Å². The largest absolute Gasteiger partial charge is 0.455 e. The second-order valence-electron chi connectivity index (χ2n) is 6.73. The van der Waals surface area contributed by atoms with Gasteiger partial charge in [0.1, 0.15) is 0 Å². The lowest BCUT2D eigenvalue weighted by atomic mass is 10.1. The summed E-state index contributed by atoms with van der Waals surface area (Å²) in [5.41, 5.74) is 2.95. The van der Waals surface area contributed by atoms with Crippen LogP contribution in [0.4, 0.5) is 5.69 Å². The van der Waals surface area contributed by atoms with E-state index in [0.717, 1.165) is 16.8 Å². The fourth-order valence-corrected chi connectivity index (χ4v) is 3.28. The van der Waals surface area contributed by atoms with Crippen LogP contribution in [0, 0.1) is 19.8 Å². The number of esters is 1. The third-order valence-corrected chi connectivity index (χ3v) is 5.03. The topological polar surface area (TPSA) is 76.2 Å². The van der Waals surface area contributed by atoms with E-state index in [9.17, 15) is 14.4 Å². The number of morpholine rings is 1. The number of aryl methyl sites for hydroxylation is 1. The van der Waals surface area contributed by atoms with Crippen molar-refractivity contribution < 1.29 is 23.9 Å². The number of hydrogen-bond donors (Lipinski definition) is 0. The summed E-state index contributed by atoms with van der Waals surface area (Å²) in [5.74, 6) is -1.36. The first kappa shape index (κ1) is 18.4. The number of amides is 2. The Morgan fingerprint density at radius 2 is 1.96 bits per heavy atom. The minimum Gasteiger partial charge on any atom is -0.455 e. The van der Waals surface area contributed by atoms with Crippen LogP contribution in [0.15, 0.2) is 18.2 Å². The van der Waals surface area contributed by atoms with Crippen LogP contribution in [0.2, 0.25) is 0 Å². The second kappa shape index (κ2) is 7.86. The van der Waals surface area contributed by atoms with E-state index in [1.807, 2.05) is 32.0 Å². The van der Waals surface area contributed by atoms with Gasteiger partial charge in [-0.3, -0.25) is 14.4 Å².